The van der Waals surface area contributed by atoms with Crippen molar-refractivity contribution in [2.45, 2.75) is 33.1 Å². The molecular formula is C12H20N2. The van der Waals surface area contributed by atoms with Crippen LogP contribution in [0.4, 0.5) is 11.4 Å². The molecular weight excluding hydrogens is 172 g/mol. The lowest BCUT2D eigenvalue weighted by molar-refractivity contribution is 0.556. The number of aryl methyl sites for hydroxylation is 1. The predicted octanol–water partition coefficient (Wildman–Crippen LogP) is 2.83. The van der Waals surface area contributed by atoms with Crippen LogP contribution >= 0.6 is 0 Å². The number of anilines is 2. The highest BCUT2D eigenvalue weighted by molar-refractivity contribution is 5.55. The summed E-state index contributed by atoms with van der Waals surface area (Å²) in [6.07, 6.45) is 3.47. The Morgan fingerprint density at radius 1 is 1.21 bits per heavy atom. The Morgan fingerprint density at radius 3 is 2.57 bits per heavy atom. The first-order valence-corrected chi connectivity index (χ1v) is 5.23. The van der Waals surface area contributed by atoms with Gasteiger partial charge in [0.1, 0.15) is 0 Å². The molecule has 2 nitrogen and oxygen atoms in total. The molecule has 0 aliphatic rings. The standard InChI is InChI=1S/C12H20N2/c1-9(2)4-3-5-10-8-11(13)6-7-12(10)14/h6-9H,3-5,13-14H2,1-2H3. The van der Waals surface area contributed by atoms with Gasteiger partial charge in [-0.15, -0.1) is 0 Å². The van der Waals surface area contributed by atoms with Crippen LogP contribution in [-0.2, 0) is 6.42 Å². The van der Waals surface area contributed by atoms with Gasteiger partial charge in [0.15, 0.2) is 0 Å². The minimum Gasteiger partial charge on any atom is -0.399 e. The summed E-state index contributed by atoms with van der Waals surface area (Å²) in [6.45, 7) is 4.48. The molecule has 1 aromatic carbocycles. The van der Waals surface area contributed by atoms with Crippen LogP contribution in [0.5, 0.6) is 0 Å². The molecule has 0 aromatic heterocycles. The zero-order valence-electron chi connectivity index (χ0n) is 9.09. The summed E-state index contributed by atoms with van der Waals surface area (Å²) in [6, 6.07) is 5.72. The highest BCUT2D eigenvalue weighted by atomic mass is 14.6. The Labute approximate surface area is 86.3 Å². The molecule has 0 aliphatic carbocycles. The van der Waals surface area contributed by atoms with E-state index >= 15 is 0 Å². The van der Waals surface area contributed by atoms with Gasteiger partial charge in [-0.05, 0) is 42.5 Å². The molecule has 0 saturated carbocycles. The summed E-state index contributed by atoms with van der Waals surface area (Å²) in [4.78, 5) is 0. The molecule has 0 amide bonds. The van der Waals surface area contributed by atoms with E-state index in [4.69, 9.17) is 11.5 Å². The van der Waals surface area contributed by atoms with Gasteiger partial charge in [0.05, 0.1) is 0 Å². The maximum Gasteiger partial charge on any atom is 0.0348 e. The summed E-state index contributed by atoms with van der Waals surface area (Å²) < 4.78 is 0. The molecule has 1 aromatic rings. The molecule has 0 fully saturated rings. The van der Waals surface area contributed by atoms with Crippen molar-refractivity contribution in [3.8, 4) is 0 Å². The molecule has 0 radical (unpaired) electrons. The second-order valence-corrected chi connectivity index (χ2v) is 4.24. The van der Waals surface area contributed by atoms with E-state index in [9.17, 15) is 0 Å². The molecule has 0 aliphatic heterocycles. The lowest BCUT2D eigenvalue weighted by Gasteiger charge is -2.08. The molecule has 0 unspecified atom stereocenters. The minimum absolute atomic E-state index is 0.761. The Balaban J connectivity index is 2.53. The van der Waals surface area contributed by atoms with Gasteiger partial charge in [-0.25, -0.2) is 0 Å². The van der Waals surface area contributed by atoms with Crippen LogP contribution in [0.15, 0.2) is 18.2 Å². The molecule has 0 spiro atoms. The van der Waals surface area contributed by atoms with Crippen molar-refractivity contribution < 1.29 is 0 Å². The van der Waals surface area contributed by atoms with Crippen molar-refractivity contribution >= 4 is 11.4 Å². The zero-order chi connectivity index (χ0) is 10.6. The van der Waals surface area contributed by atoms with Gasteiger partial charge in [0, 0.05) is 11.4 Å². The third kappa shape index (κ3) is 3.29. The summed E-state index contributed by atoms with van der Waals surface area (Å²) in [5.74, 6) is 0.761. The number of hydrogen-bond acceptors (Lipinski definition) is 2. The molecule has 2 heteroatoms. The van der Waals surface area contributed by atoms with Crippen LogP contribution < -0.4 is 11.5 Å². The van der Waals surface area contributed by atoms with Gasteiger partial charge in [0.25, 0.3) is 0 Å². The highest BCUT2D eigenvalue weighted by Gasteiger charge is 2.00. The number of nitrogens with two attached hydrogens (primary N) is 2. The third-order valence-electron chi connectivity index (χ3n) is 2.39. The fourth-order valence-electron chi connectivity index (χ4n) is 1.54. The van der Waals surface area contributed by atoms with E-state index in [1.165, 1.54) is 18.4 Å². The molecule has 1 rings (SSSR count). The molecule has 0 saturated heterocycles. The average Bonchev–Trinajstić information content (AvgIpc) is 2.10. The van der Waals surface area contributed by atoms with E-state index in [2.05, 4.69) is 13.8 Å². The lowest BCUT2D eigenvalue weighted by atomic mass is 10.0. The second kappa shape index (κ2) is 4.89. The Kier molecular flexibility index (Phi) is 3.81. The molecule has 78 valence electrons. The van der Waals surface area contributed by atoms with Crippen molar-refractivity contribution in [2.24, 2.45) is 5.92 Å². The molecule has 0 bridgehead atoms. The van der Waals surface area contributed by atoms with Crippen molar-refractivity contribution in [2.75, 3.05) is 11.5 Å². The second-order valence-electron chi connectivity index (χ2n) is 4.24. The van der Waals surface area contributed by atoms with Gasteiger partial charge < -0.3 is 11.5 Å². The van der Waals surface area contributed by atoms with E-state index in [1.807, 2.05) is 18.2 Å². The van der Waals surface area contributed by atoms with Crippen LogP contribution in [0.2, 0.25) is 0 Å². The normalized spacial score (nSPS) is 10.8. The maximum absolute atomic E-state index is 5.85. The van der Waals surface area contributed by atoms with E-state index in [1.54, 1.807) is 0 Å². The van der Waals surface area contributed by atoms with Gasteiger partial charge in [-0.1, -0.05) is 20.3 Å². The SMILES string of the molecule is CC(C)CCCc1cc(N)ccc1N. The largest absolute Gasteiger partial charge is 0.399 e. The number of nitrogen functional groups attached to an aromatic ring is 2. The van der Waals surface area contributed by atoms with Crippen molar-refractivity contribution in [1.29, 1.82) is 0 Å². The third-order valence-corrected chi connectivity index (χ3v) is 2.39. The molecule has 14 heavy (non-hydrogen) atoms. The van der Waals surface area contributed by atoms with Crippen LogP contribution in [0.25, 0.3) is 0 Å². The van der Waals surface area contributed by atoms with E-state index in [-0.39, 0.29) is 0 Å². The van der Waals surface area contributed by atoms with Crippen LogP contribution in [0.1, 0.15) is 32.3 Å². The first-order valence-electron chi connectivity index (χ1n) is 5.23. The molecule has 0 heterocycles. The number of benzene rings is 1. The van der Waals surface area contributed by atoms with Crippen LogP contribution in [0.3, 0.4) is 0 Å². The van der Waals surface area contributed by atoms with E-state index in [0.29, 0.717) is 0 Å². The summed E-state index contributed by atoms with van der Waals surface area (Å²) in [5.41, 5.74) is 14.4. The van der Waals surface area contributed by atoms with Crippen LogP contribution in [-0.4, -0.2) is 0 Å². The van der Waals surface area contributed by atoms with Crippen LogP contribution in [0, 0.1) is 5.92 Å². The number of hydrogen-bond donors (Lipinski definition) is 2. The Bertz CT molecular complexity index is 292. The van der Waals surface area contributed by atoms with Gasteiger partial charge in [0.2, 0.25) is 0 Å². The number of rotatable bonds is 4. The minimum atomic E-state index is 0.761. The fraction of sp³-hybridized carbons (Fsp3) is 0.500. The topological polar surface area (TPSA) is 52.0 Å². The van der Waals surface area contributed by atoms with Gasteiger partial charge in [-0.3, -0.25) is 0 Å². The smallest absolute Gasteiger partial charge is 0.0348 e. The Hall–Kier alpha value is -1.18. The lowest BCUT2D eigenvalue weighted by Crippen LogP contribution is -1.98. The fourth-order valence-corrected chi connectivity index (χ4v) is 1.54. The summed E-state index contributed by atoms with van der Waals surface area (Å²) in [7, 11) is 0. The average molecular weight is 192 g/mol. The van der Waals surface area contributed by atoms with Gasteiger partial charge >= 0.3 is 0 Å². The van der Waals surface area contributed by atoms with Crippen molar-refractivity contribution in [1.82, 2.24) is 0 Å². The highest BCUT2D eigenvalue weighted by Crippen LogP contribution is 2.18. The quantitative estimate of drug-likeness (QED) is 0.721. The summed E-state index contributed by atoms with van der Waals surface area (Å²) >= 11 is 0. The van der Waals surface area contributed by atoms with E-state index in [0.717, 1.165) is 23.7 Å². The summed E-state index contributed by atoms with van der Waals surface area (Å²) in [5, 5.41) is 0. The molecule has 0 atom stereocenters. The first-order chi connectivity index (χ1) is 6.59. The maximum atomic E-state index is 5.85. The monoisotopic (exact) mass is 192 g/mol. The zero-order valence-corrected chi connectivity index (χ0v) is 9.09. The Morgan fingerprint density at radius 2 is 1.93 bits per heavy atom. The predicted molar refractivity (Wildman–Crippen MR) is 63.0 cm³/mol. The van der Waals surface area contributed by atoms with E-state index < -0.39 is 0 Å². The molecule has 4 N–H and O–H groups in total. The first kappa shape index (κ1) is 10.9. The van der Waals surface area contributed by atoms with Gasteiger partial charge in [-0.2, -0.15) is 0 Å². The van der Waals surface area contributed by atoms with Crippen molar-refractivity contribution in [3.63, 3.8) is 0 Å². The van der Waals surface area contributed by atoms with Crippen molar-refractivity contribution in [3.05, 3.63) is 23.8 Å².